The van der Waals surface area contributed by atoms with E-state index in [2.05, 4.69) is 39.8 Å². The number of nitrogens with zero attached hydrogens (tertiary/aromatic N) is 1. The Morgan fingerprint density at radius 1 is 1.07 bits per heavy atom. The summed E-state index contributed by atoms with van der Waals surface area (Å²) in [5.74, 6) is 0.833. The first-order valence-electron chi connectivity index (χ1n) is 6.24. The second kappa shape index (κ2) is 4.84. The molecule has 0 spiro atoms. The van der Waals surface area contributed by atoms with Crippen LogP contribution in [0.15, 0.2) is 0 Å². The fraction of sp³-hybridized carbons (Fsp3) is 1.00. The summed E-state index contributed by atoms with van der Waals surface area (Å²) in [6, 6.07) is 1.15. The summed E-state index contributed by atoms with van der Waals surface area (Å²) in [6.45, 7) is 7.06. The van der Waals surface area contributed by atoms with Gasteiger partial charge in [0.15, 0.2) is 0 Å². The molecule has 1 unspecified atom stereocenters. The van der Waals surface area contributed by atoms with Crippen molar-refractivity contribution in [2.75, 3.05) is 14.1 Å². The van der Waals surface area contributed by atoms with Crippen LogP contribution in [0.5, 0.6) is 0 Å². The Hall–Kier alpha value is -0.0800. The van der Waals surface area contributed by atoms with Crippen molar-refractivity contribution in [1.29, 1.82) is 0 Å². The maximum Gasteiger partial charge on any atom is 0.0166 e. The number of nitrogens with two attached hydrogens (primary N) is 1. The molecule has 0 aromatic heterocycles. The van der Waals surface area contributed by atoms with Gasteiger partial charge in [-0.2, -0.15) is 0 Å². The molecular weight excluding hydrogens is 184 g/mol. The van der Waals surface area contributed by atoms with Crippen LogP contribution in [0, 0.1) is 11.3 Å². The lowest BCUT2D eigenvalue weighted by atomic mass is 9.71. The molecule has 1 atom stereocenters. The summed E-state index contributed by atoms with van der Waals surface area (Å²) >= 11 is 0. The Labute approximate surface area is 95.2 Å². The van der Waals surface area contributed by atoms with Crippen molar-refractivity contribution in [1.82, 2.24) is 4.90 Å². The van der Waals surface area contributed by atoms with E-state index in [0.29, 0.717) is 17.5 Å². The molecule has 0 aromatic rings. The Balaban J connectivity index is 2.65. The van der Waals surface area contributed by atoms with Gasteiger partial charge in [-0.25, -0.2) is 0 Å². The zero-order valence-corrected chi connectivity index (χ0v) is 11.1. The molecule has 0 amide bonds. The van der Waals surface area contributed by atoms with Gasteiger partial charge in [0.1, 0.15) is 0 Å². The minimum Gasteiger partial charge on any atom is -0.328 e. The van der Waals surface area contributed by atoms with Crippen molar-refractivity contribution in [2.45, 2.75) is 58.5 Å². The smallest absolute Gasteiger partial charge is 0.0166 e. The fourth-order valence-corrected chi connectivity index (χ4v) is 3.36. The summed E-state index contributed by atoms with van der Waals surface area (Å²) in [5, 5.41) is 0. The monoisotopic (exact) mass is 212 g/mol. The normalized spacial score (nSPS) is 30.6. The third-order valence-electron chi connectivity index (χ3n) is 3.71. The highest BCUT2D eigenvalue weighted by Gasteiger charge is 2.35. The summed E-state index contributed by atoms with van der Waals surface area (Å²) in [4.78, 5) is 2.40. The Kier molecular flexibility index (Phi) is 4.19. The van der Waals surface area contributed by atoms with Crippen LogP contribution in [-0.2, 0) is 0 Å². The van der Waals surface area contributed by atoms with Crippen LogP contribution < -0.4 is 5.73 Å². The Morgan fingerprint density at radius 2 is 1.53 bits per heavy atom. The minimum absolute atomic E-state index is 0.371. The largest absolute Gasteiger partial charge is 0.328 e. The van der Waals surface area contributed by atoms with E-state index < -0.39 is 0 Å². The molecule has 0 aliphatic heterocycles. The fourth-order valence-electron chi connectivity index (χ4n) is 3.36. The molecule has 2 nitrogen and oxygen atoms in total. The number of rotatable bonds is 2. The molecule has 0 aromatic carbocycles. The molecule has 0 bridgehead atoms. The van der Waals surface area contributed by atoms with Gasteiger partial charge in [0, 0.05) is 12.1 Å². The minimum atomic E-state index is 0.371. The molecule has 1 aliphatic rings. The first-order valence-corrected chi connectivity index (χ1v) is 6.24. The van der Waals surface area contributed by atoms with Gasteiger partial charge in [-0.15, -0.1) is 0 Å². The van der Waals surface area contributed by atoms with Gasteiger partial charge in [0.2, 0.25) is 0 Å². The number of hydrogen-bond acceptors (Lipinski definition) is 2. The van der Waals surface area contributed by atoms with Gasteiger partial charge in [0.05, 0.1) is 0 Å². The summed E-state index contributed by atoms with van der Waals surface area (Å²) in [7, 11) is 4.43. The van der Waals surface area contributed by atoms with Crippen molar-refractivity contribution in [3.63, 3.8) is 0 Å². The van der Waals surface area contributed by atoms with Crippen molar-refractivity contribution < 1.29 is 0 Å². The third kappa shape index (κ3) is 3.46. The van der Waals surface area contributed by atoms with E-state index in [-0.39, 0.29) is 0 Å². The average Bonchev–Trinajstić information content (AvgIpc) is 2.05. The SMILES string of the molecule is CN(C)C(C1CCC(N)CC1)C(C)(C)C. The molecule has 2 heteroatoms. The van der Waals surface area contributed by atoms with Gasteiger partial charge in [-0.05, 0) is 51.1 Å². The average molecular weight is 212 g/mol. The molecule has 0 saturated heterocycles. The van der Waals surface area contributed by atoms with Gasteiger partial charge >= 0.3 is 0 Å². The Morgan fingerprint density at radius 3 is 1.87 bits per heavy atom. The topological polar surface area (TPSA) is 29.3 Å². The van der Waals surface area contributed by atoms with Crippen LogP contribution in [-0.4, -0.2) is 31.1 Å². The van der Waals surface area contributed by atoms with Crippen molar-refractivity contribution in [3.8, 4) is 0 Å². The second-order valence-corrected chi connectivity index (χ2v) is 6.45. The summed E-state index contributed by atoms with van der Waals surface area (Å²) in [5.41, 5.74) is 6.34. The van der Waals surface area contributed by atoms with E-state index in [1.165, 1.54) is 25.7 Å². The molecule has 1 saturated carbocycles. The van der Waals surface area contributed by atoms with Crippen LogP contribution in [0.4, 0.5) is 0 Å². The quantitative estimate of drug-likeness (QED) is 0.762. The predicted octanol–water partition coefficient (Wildman–Crippen LogP) is 2.48. The van der Waals surface area contributed by atoms with Crippen LogP contribution in [0.3, 0.4) is 0 Å². The van der Waals surface area contributed by atoms with Gasteiger partial charge in [0.25, 0.3) is 0 Å². The first-order chi connectivity index (χ1) is 6.82. The van der Waals surface area contributed by atoms with Crippen molar-refractivity contribution in [3.05, 3.63) is 0 Å². The lowest BCUT2D eigenvalue weighted by Gasteiger charge is -2.44. The predicted molar refractivity (Wildman–Crippen MR) is 66.9 cm³/mol. The zero-order chi connectivity index (χ0) is 11.6. The molecule has 0 radical (unpaired) electrons. The summed E-state index contributed by atoms with van der Waals surface area (Å²) < 4.78 is 0. The van der Waals surface area contributed by atoms with E-state index in [9.17, 15) is 0 Å². The first kappa shape index (κ1) is 13.0. The van der Waals surface area contributed by atoms with Crippen LogP contribution >= 0.6 is 0 Å². The van der Waals surface area contributed by atoms with Crippen molar-refractivity contribution >= 4 is 0 Å². The highest BCUT2D eigenvalue weighted by Crippen LogP contribution is 2.36. The van der Waals surface area contributed by atoms with Gasteiger partial charge < -0.3 is 10.6 Å². The van der Waals surface area contributed by atoms with Crippen molar-refractivity contribution in [2.24, 2.45) is 17.1 Å². The lowest BCUT2D eigenvalue weighted by molar-refractivity contribution is 0.0696. The molecular formula is C13H28N2. The highest BCUT2D eigenvalue weighted by molar-refractivity contribution is 4.89. The van der Waals surface area contributed by atoms with Crippen LogP contribution in [0.25, 0.3) is 0 Å². The standard InChI is InChI=1S/C13H28N2/c1-13(2,3)12(15(4)5)10-6-8-11(14)9-7-10/h10-12H,6-9,14H2,1-5H3. The van der Waals surface area contributed by atoms with Gasteiger partial charge in [-0.3, -0.25) is 0 Å². The van der Waals surface area contributed by atoms with Gasteiger partial charge in [-0.1, -0.05) is 20.8 Å². The van der Waals surface area contributed by atoms with E-state index in [1.54, 1.807) is 0 Å². The second-order valence-electron chi connectivity index (χ2n) is 6.45. The number of hydrogen-bond donors (Lipinski definition) is 1. The molecule has 1 aliphatic carbocycles. The van der Waals surface area contributed by atoms with E-state index in [0.717, 1.165) is 5.92 Å². The summed E-state index contributed by atoms with van der Waals surface area (Å²) in [6.07, 6.45) is 5.04. The highest BCUT2D eigenvalue weighted by atomic mass is 15.1. The molecule has 90 valence electrons. The van der Waals surface area contributed by atoms with E-state index >= 15 is 0 Å². The maximum atomic E-state index is 5.97. The zero-order valence-electron chi connectivity index (χ0n) is 11.1. The van der Waals surface area contributed by atoms with E-state index in [1.807, 2.05) is 0 Å². The Bertz CT molecular complexity index is 185. The van der Waals surface area contributed by atoms with E-state index in [4.69, 9.17) is 5.73 Å². The molecule has 1 fully saturated rings. The maximum absolute atomic E-state index is 5.97. The molecule has 2 N–H and O–H groups in total. The third-order valence-corrected chi connectivity index (χ3v) is 3.71. The molecule has 1 rings (SSSR count). The molecule has 15 heavy (non-hydrogen) atoms. The van der Waals surface area contributed by atoms with Crippen LogP contribution in [0.2, 0.25) is 0 Å². The lowest BCUT2D eigenvalue weighted by Crippen LogP contribution is -2.47. The molecule has 0 heterocycles. The van der Waals surface area contributed by atoms with Crippen LogP contribution in [0.1, 0.15) is 46.5 Å².